The monoisotopic (exact) mass is 404 g/mol. The highest BCUT2D eigenvalue weighted by Gasteiger charge is 2.23. The maximum absolute atomic E-state index is 12.9. The van der Waals surface area contributed by atoms with E-state index in [1.165, 1.54) is 10.9 Å². The Morgan fingerprint density at radius 3 is 2.57 bits per heavy atom. The highest BCUT2D eigenvalue weighted by atomic mass is 16.2. The third-order valence-electron chi connectivity index (χ3n) is 5.59. The van der Waals surface area contributed by atoms with Gasteiger partial charge in [0.25, 0.3) is 11.5 Å². The van der Waals surface area contributed by atoms with Crippen molar-refractivity contribution in [1.82, 2.24) is 9.55 Å². The van der Waals surface area contributed by atoms with Crippen LogP contribution in [0.15, 0.2) is 47.5 Å². The summed E-state index contributed by atoms with van der Waals surface area (Å²) in [5.41, 5.74) is 2.78. The molecular formula is C23H24N4O3. The number of rotatable bonds is 4. The average Bonchev–Trinajstić information content (AvgIpc) is 3.27. The summed E-state index contributed by atoms with van der Waals surface area (Å²) in [6.45, 7) is 1.92. The summed E-state index contributed by atoms with van der Waals surface area (Å²) >= 11 is 0. The Balaban J connectivity index is 1.59. The summed E-state index contributed by atoms with van der Waals surface area (Å²) < 4.78 is 1.40. The van der Waals surface area contributed by atoms with Crippen molar-refractivity contribution in [3.8, 4) is 0 Å². The van der Waals surface area contributed by atoms with Crippen LogP contribution in [0.4, 0.5) is 11.4 Å². The zero-order valence-corrected chi connectivity index (χ0v) is 17.1. The maximum Gasteiger partial charge on any atom is 0.260 e. The van der Waals surface area contributed by atoms with Gasteiger partial charge in [-0.3, -0.25) is 14.4 Å². The number of carbonyl (C=O) groups is 2. The third-order valence-corrected chi connectivity index (χ3v) is 5.59. The van der Waals surface area contributed by atoms with Crippen LogP contribution in [-0.4, -0.2) is 21.4 Å². The molecule has 7 nitrogen and oxygen atoms in total. The predicted molar refractivity (Wildman–Crippen MR) is 117 cm³/mol. The lowest BCUT2D eigenvalue weighted by Gasteiger charge is -2.16. The molecule has 2 amide bonds. The molecule has 1 heterocycles. The lowest BCUT2D eigenvalue weighted by atomic mass is 10.1. The van der Waals surface area contributed by atoms with Crippen LogP contribution in [0, 0.1) is 12.8 Å². The molecule has 1 aliphatic carbocycles. The number of nitrogens with one attached hydrogen (secondary N) is 2. The van der Waals surface area contributed by atoms with E-state index in [2.05, 4.69) is 15.6 Å². The van der Waals surface area contributed by atoms with E-state index in [1.54, 1.807) is 25.2 Å². The van der Waals surface area contributed by atoms with Gasteiger partial charge in [-0.1, -0.05) is 18.9 Å². The van der Waals surface area contributed by atoms with Gasteiger partial charge in [-0.15, -0.1) is 0 Å². The SMILES string of the molecule is Cc1ccc(NC(=O)C2CCCC2)c(NC(=O)c2ccc3c(=O)n(C)cnc3c2)c1. The van der Waals surface area contributed by atoms with Crippen molar-refractivity contribution in [2.75, 3.05) is 10.6 Å². The number of carbonyl (C=O) groups excluding carboxylic acids is 2. The lowest BCUT2D eigenvalue weighted by molar-refractivity contribution is -0.119. The van der Waals surface area contributed by atoms with E-state index in [0.29, 0.717) is 27.8 Å². The average molecular weight is 404 g/mol. The quantitative estimate of drug-likeness (QED) is 0.695. The fourth-order valence-electron chi connectivity index (χ4n) is 3.84. The van der Waals surface area contributed by atoms with Gasteiger partial charge in [0.1, 0.15) is 0 Å². The van der Waals surface area contributed by atoms with Crippen molar-refractivity contribution in [2.24, 2.45) is 13.0 Å². The highest BCUT2D eigenvalue weighted by Crippen LogP contribution is 2.29. The van der Waals surface area contributed by atoms with Gasteiger partial charge >= 0.3 is 0 Å². The zero-order valence-electron chi connectivity index (χ0n) is 17.1. The van der Waals surface area contributed by atoms with Crippen molar-refractivity contribution < 1.29 is 9.59 Å². The summed E-state index contributed by atoms with van der Waals surface area (Å²) in [6, 6.07) is 10.3. The second kappa shape index (κ2) is 8.10. The number of aromatic nitrogens is 2. The number of fused-ring (bicyclic) bond motifs is 1. The first-order chi connectivity index (χ1) is 14.4. The van der Waals surface area contributed by atoms with Gasteiger partial charge in [-0.2, -0.15) is 0 Å². The molecule has 1 fully saturated rings. The van der Waals surface area contributed by atoms with Gasteiger partial charge in [0.15, 0.2) is 0 Å². The molecule has 0 atom stereocenters. The Bertz CT molecular complexity index is 1190. The molecule has 3 aromatic rings. The van der Waals surface area contributed by atoms with E-state index in [4.69, 9.17) is 0 Å². The fraction of sp³-hybridized carbons (Fsp3) is 0.304. The maximum atomic E-state index is 12.9. The molecule has 0 radical (unpaired) electrons. The number of hydrogen-bond acceptors (Lipinski definition) is 4. The number of benzene rings is 2. The van der Waals surface area contributed by atoms with Crippen molar-refractivity contribution in [3.63, 3.8) is 0 Å². The van der Waals surface area contributed by atoms with E-state index >= 15 is 0 Å². The van der Waals surface area contributed by atoms with E-state index in [9.17, 15) is 14.4 Å². The van der Waals surface area contributed by atoms with Crippen LogP contribution >= 0.6 is 0 Å². The molecule has 0 spiro atoms. The number of aryl methyl sites for hydroxylation is 2. The normalized spacial score (nSPS) is 14.1. The minimum Gasteiger partial charge on any atom is -0.324 e. The van der Waals surface area contributed by atoms with Gasteiger partial charge in [-0.05, 0) is 55.7 Å². The third kappa shape index (κ3) is 3.96. The first-order valence-electron chi connectivity index (χ1n) is 10.1. The predicted octanol–water partition coefficient (Wildman–Crippen LogP) is 3.62. The molecule has 0 bridgehead atoms. The summed E-state index contributed by atoms with van der Waals surface area (Å²) in [7, 11) is 1.63. The molecule has 7 heteroatoms. The number of anilines is 2. The molecule has 1 saturated carbocycles. The lowest BCUT2D eigenvalue weighted by Crippen LogP contribution is -2.22. The van der Waals surface area contributed by atoms with Gasteiger partial charge in [-0.25, -0.2) is 4.98 Å². The smallest absolute Gasteiger partial charge is 0.260 e. The first kappa shape index (κ1) is 19.8. The second-order valence-electron chi connectivity index (χ2n) is 7.87. The van der Waals surface area contributed by atoms with Crippen molar-refractivity contribution in [3.05, 3.63) is 64.2 Å². The molecule has 154 valence electrons. The molecule has 2 N–H and O–H groups in total. The minimum atomic E-state index is -0.332. The zero-order chi connectivity index (χ0) is 21.3. The van der Waals surface area contributed by atoms with E-state index in [0.717, 1.165) is 31.2 Å². The molecule has 2 aromatic carbocycles. The van der Waals surface area contributed by atoms with Gasteiger partial charge in [0.2, 0.25) is 5.91 Å². The molecule has 0 unspecified atom stereocenters. The second-order valence-corrected chi connectivity index (χ2v) is 7.87. The molecule has 1 aromatic heterocycles. The molecular weight excluding hydrogens is 380 g/mol. The van der Waals surface area contributed by atoms with E-state index in [1.807, 2.05) is 25.1 Å². The minimum absolute atomic E-state index is 0.00222. The van der Waals surface area contributed by atoms with E-state index in [-0.39, 0.29) is 23.3 Å². The Morgan fingerprint density at radius 1 is 1.03 bits per heavy atom. The first-order valence-corrected chi connectivity index (χ1v) is 10.1. The highest BCUT2D eigenvalue weighted by molar-refractivity contribution is 6.08. The Labute approximate surface area is 174 Å². The van der Waals surface area contributed by atoms with Gasteiger partial charge < -0.3 is 15.2 Å². The van der Waals surface area contributed by atoms with Crippen LogP contribution < -0.4 is 16.2 Å². The van der Waals surface area contributed by atoms with Crippen molar-refractivity contribution in [1.29, 1.82) is 0 Å². The number of nitrogens with zero attached hydrogens (tertiary/aromatic N) is 2. The largest absolute Gasteiger partial charge is 0.324 e. The van der Waals surface area contributed by atoms with E-state index < -0.39 is 0 Å². The Kier molecular flexibility index (Phi) is 5.35. The number of hydrogen-bond donors (Lipinski definition) is 2. The summed E-state index contributed by atoms with van der Waals surface area (Å²) in [5, 5.41) is 6.31. The standard InChI is InChI=1S/C23H24N4O3/c1-14-7-10-18(25-21(28)15-5-3-4-6-15)20(11-14)26-22(29)16-8-9-17-19(12-16)24-13-27(2)23(17)30/h7-13,15H,3-6H2,1-2H3,(H,25,28)(H,26,29). The van der Waals surface area contributed by atoms with Crippen LogP contribution in [0.25, 0.3) is 10.9 Å². The van der Waals surface area contributed by atoms with Crippen LogP contribution in [0.2, 0.25) is 0 Å². The molecule has 1 aliphatic rings. The van der Waals surface area contributed by atoms with Crippen LogP contribution in [-0.2, 0) is 11.8 Å². The van der Waals surface area contributed by atoms with Crippen LogP contribution in [0.1, 0.15) is 41.6 Å². The molecule has 0 aliphatic heterocycles. The summed E-state index contributed by atoms with van der Waals surface area (Å²) in [4.78, 5) is 41.8. The van der Waals surface area contributed by atoms with Crippen LogP contribution in [0.5, 0.6) is 0 Å². The Morgan fingerprint density at radius 2 is 1.80 bits per heavy atom. The summed E-state index contributed by atoms with van der Waals surface area (Å²) in [5.74, 6) is -0.303. The molecule has 30 heavy (non-hydrogen) atoms. The molecule has 0 saturated heterocycles. The van der Waals surface area contributed by atoms with Gasteiger partial charge in [0, 0.05) is 18.5 Å². The fourth-order valence-corrected chi connectivity index (χ4v) is 3.84. The van der Waals surface area contributed by atoms with Crippen molar-refractivity contribution >= 4 is 34.1 Å². The Hall–Kier alpha value is -3.48. The molecule has 4 rings (SSSR count). The van der Waals surface area contributed by atoms with Crippen LogP contribution in [0.3, 0.4) is 0 Å². The number of amides is 2. The topological polar surface area (TPSA) is 93.1 Å². The van der Waals surface area contributed by atoms with Crippen molar-refractivity contribution in [2.45, 2.75) is 32.6 Å². The summed E-state index contributed by atoms with van der Waals surface area (Å²) in [6.07, 6.45) is 5.40. The van der Waals surface area contributed by atoms with Gasteiger partial charge in [0.05, 0.1) is 28.6 Å².